The lowest BCUT2D eigenvalue weighted by atomic mass is 9.92. The van der Waals surface area contributed by atoms with Gasteiger partial charge in [-0.05, 0) is 36.4 Å². The molecule has 0 unspecified atom stereocenters. The highest BCUT2D eigenvalue weighted by Gasteiger charge is 2.73. The van der Waals surface area contributed by atoms with E-state index in [1.54, 1.807) is 18.2 Å². The average molecular weight is 431 g/mol. The lowest BCUT2D eigenvalue weighted by Crippen LogP contribution is -2.50. The van der Waals surface area contributed by atoms with Crippen molar-refractivity contribution in [1.82, 2.24) is 0 Å². The molecule has 0 amide bonds. The number of para-hydroxylation sites is 2. The van der Waals surface area contributed by atoms with E-state index in [1.807, 2.05) is 0 Å². The van der Waals surface area contributed by atoms with Gasteiger partial charge in [0, 0.05) is 10.6 Å². The van der Waals surface area contributed by atoms with Crippen molar-refractivity contribution >= 4 is 11.6 Å². The first-order valence-electron chi connectivity index (χ1n) is 8.29. The molecule has 3 rings (SSSR count). The first-order valence-corrected chi connectivity index (χ1v) is 8.67. The third-order valence-electron chi connectivity index (χ3n) is 4.19. The van der Waals surface area contributed by atoms with Crippen LogP contribution in [0.1, 0.15) is 11.1 Å². The second kappa shape index (κ2) is 7.63. The van der Waals surface area contributed by atoms with Crippen LogP contribution in [0.4, 0.5) is 26.3 Å². The molecule has 152 valence electrons. The fraction of sp³-hybridized carbons (Fsp3) is 0.143. The Kier molecular flexibility index (Phi) is 5.54. The van der Waals surface area contributed by atoms with Crippen LogP contribution in [-0.2, 0) is 11.8 Å². The molecule has 0 fully saturated rings. The lowest BCUT2D eigenvalue weighted by Gasteiger charge is -2.33. The van der Waals surface area contributed by atoms with Crippen LogP contribution in [-0.4, -0.2) is 5.92 Å². The van der Waals surface area contributed by atoms with E-state index < -0.39 is 34.6 Å². The van der Waals surface area contributed by atoms with Crippen molar-refractivity contribution in [3.05, 3.63) is 95.0 Å². The largest absolute Gasteiger partial charge is 0.457 e. The first kappa shape index (κ1) is 21.0. The van der Waals surface area contributed by atoms with Gasteiger partial charge in [-0.3, -0.25) is 0 Å². The van der Waals surface area contributed by atoms with Gasteiger partial charge in [-0.25, -0.2) is 0 Å². The monoisotopic (exact) mass is 430 g/mol. The van der Waals surface area contributed by atoms with Gasteiger partial charge in [-0.1, -0.05) is 54.1 Å². The minimum Gasteiger partial charge on any atom is -0.457 e. The standard InChI is InChI=1S/C21H13ClF6O/c22-15-12-10-14(11-13-15)19(23,24)21(27,28)20(25,26)17-8-4-5-9-18(17)29-16-6-2-1-3-7-16/h1-13H. The summed E-state index contributed by atoms with van der Waals surface area (Å²) in [6.07, 6.45) is 0. The van der Waals surface area contributed by atoms with Crippen LogP contribution in [0.2, 0.25) is 5.02 Å². The summed E-state index contributed by atoms with van der Waals surface area (Å²) in [4.78, 5) is 0. The summed E-state index contributed by atoms with van der Waals surface area (Å²) in [7, 11) is 0. The van der Waals surface area contributed by atoms with Crippen LogP contribution in [0.15, 0.2) is 78.9 Å². The Morgan fingerprint density at radius 3 is 1.79 bits per heavy atom. The molecule has 0 saturated carbocycles. The molecule has 8 heteroatoms. The molecule has 0 aliphatic heterocycles. The quantitative estimate of drug-likeness (QED) is 0.365. The van der Waals surface area contributed by atoms with Crippen LogP contribution in [0.25, 0.3) is 0 Å². The van der Waals surface area contributed by atoms with Gasteiger partial charge in [0.05, 0.1) is 5.56 Å². The Bertz CT molecular complexity index is 974. The predicted octanol–water partition coefficient (Wildman–Crippen LogP) is 7.65. The van der Waals surface area contributed by atoms with E-state index in [2.05, 4.69) is 0 Å². The molecular weight excluding hydrogens is 418 g/mol. The second-order valence-corrected chi connectivity index (χ2v) is 6.58. The lowest BCUT2D eigenvalue weighted by molar-refractivity contribution is -0.321. The Labute approximate surface area is 167 Å². The van der Waals surface area contributed by atoms with Crippen LogP contribution in [0, 0.1) is 0 Å². The smallest absolute Gasteiger partial charge is 0.380 e. The van der Waals surface area contributed by atoms with Gasteiger partial charge >= 0.3 is 17.8 Å². The molecular formula is C21H13ClF6O. The molecule has 3 aromatic rings. The maximum atomic E-state index is 14.8. The van der Waals surface area contributed by atoms with Gasteiger partial charge in [0.25, 0.3) is 0 Å². The Balaban J connectivity index is 2.04. The molecule has 0 radical (unpaired) electrons. The van der Waals surface area contributed by atoms with Gasteiger partial charge < -0.3 is 4.74 Å². The molecule has 0 N–H and O–H groups in total. The van der Waals surface area contributed by atoms with Gasteiger partial charge in [0.15, 0.2) is 0 Å². The number of hydrogen-bond donors (Lipinski definition) is 0. The van der Waals surface area contributed by atoms with E-state index >= 15 is 0 Å². The number of halogens is 7. The van der Waals surface area contributed by atoms with Gasteiger partial charge in [0.2, 0.25) is 0 Å². The van der Waals surface area contributed by atoms with Crippen molar-refractivity contribution in [2.24, 2.45) is 0 Å². The molecule has 0 aliphatic rings. The van der Waals surface area contributed by atoms with E-state index in [0.29, 0.717) is 18.2 Å². The van der Waals surface area contributed by atoms with E-state index in [1.165, 1.54) is 18.2 Å². The number of benzene rings is 3. The van der Waals surface area contributed by atoms with Crippen molar-refractivity contribution < 1.29 is 31.1 Å². The minimum atomic E-state index is -5.76. The number of rotatable bonds is 6. The van der Waals surface area contributed by atoms with Crippen molar-refractivity contribution in [3.8, 4) is 11.5 Å². The first-order chi connectivity index (χ1) is 13.6. The number of ether oxygens (including phenoxy) is 1. The third kappa shape index (κ3) is 3.79. The zero-order valence-corrected chi connectivity index (χ0v) is 15.3. The highest BCUT2D eigenvalue weighted by molar-refractivity contribution is 6.30. The topological polar surface area (TPSA) is 9.23 Å². The molecule has 0 saturated heterocycles. The summed E-state index contributed by atoms with van der Waals surface area (Å²) in [5.74, 6) is -16.8. The molecule has 3 aromatic carbocycles. The molecule has 0 heterocycles. The van der Waals surface area contributed by atoms with Crippen molar-refractivity contribution in [1.29, 1.82) is 0 Å². The third-order valence-corrected chi connectivity index (χ3v) is 4.44. The zero-order chi connectivity index (χ0) is 21.3. The average Bonchev–Trinajstić information content (AvgIpc) is 2.69. The van der Waals surface area contributed by atoms with Crippen molar-refractivity contribution in [2.45, 2.75) is 17.8 Å². The summed E-state index contributed by atoms with van der Waals surface area (Å²) >= 11 is 5.56. The summed E-state index contributed by atoms with van der Waals surface area (Å²) in [5, 5.41) is 0.00114. The molecule has 0 aromatic heterocycles. The van der Waals surface area contributed by atoms with E-state index in [-0.39, 0.29) is 10.8 Å². The Morgan fingerprint density at radius 2 is 1.17 bits per heavy atom. The van der Waals surface area contributed by atoms with Crippen LogP contribution in [0.5, 0.6) is 11.5 Å². The van der Waals surface area contributed by atoms with Crippen LogP contribution in [0.3, 0.4) is 0 Å². The number of alkyl halides is 6. The molecule has 29 heavy (non-hydrogen) atoms. The summed E-state index contributed by atoms with van der Waals surface area (Å²) in [6, 6.07) is 14.5. The van der Waals surface area contributed by atoms with E-state index in [9.17, 15) is 26.3 Å². The molecule has 1 nitrogen and oxygen atoms in total. The SMILES string of the molecule is FC(F)(c1ccc(Cl)cc1)C(F)(F)C(F)(F)c1ccccc1Oc1ccccc1. The van der Waals surface area contributed by atoms with E-state index in [4.69, 9.17) is 16.3 Å². The summed E-state index contributed by atoms with van der Waals surface area (Å²) in [5.41, 5.74) is -2.64. The molecule has 0 spiro atoms. The highest BCUT2D eigenvalue weighted by atomic mass is 35.5. The molecule has 0 atom stereocenters. The molecule has 0 aliphatic carbocycles. The molecule has 0 bridgehead atoms. The van der Waals surface area contributed by atoms with Gasteiger partial charge in [0.1, 0.15) is 11.5 Å². The van der Waals surface area contributed by atoms with Crippen LogP contribution >= 0.6 is 11.6 Å². The predicted molar refractivity (Wildman–Crippen MR) is 97.1 cm³/mol. The maximum absolute atomic E-state index is 14.8. The van der Waals surface area contributed by atoms with Gasteiger partial charge in [-0.15, -0.1) is 0 Å². The fourth-order valence-electron chi connectivity index (χ4n) is 2.64. The Morgan fingerprint density at radius 1 is 0.621 bits per heavy atom. The van der Waals surface area contributed by atoms with Crippen molar-refractivity contribution in [3.63, 3.8) is 0 Å². The van der Waals surface area contributed by atoms with E-state index in [0.717, 1.165) is 24.3 Å². The zero-order valence-electron chi connectivity index (χ0n) is 14.6. The normalized spacial score (nSPS) is 12.7. The highest BCUT2D eigenvalue weighted by Crippen LogP contribution is 2.57. The van der Waals surface area contributed by atoms with Crippen LogP contribution < -0.4 is 4.74 Å². The second-order valence-electron chi connectivity index (χ2n) is 6.14. The summed E-state index contributed by atoms with van der Waals surface area (Å²) in [6.45, 7) is 0. The van der Waals surface area contributed by atoms with Gasteiger partial charge in [-0.2, -0.15) is 26.3 Å². The maximum Gasteiger partial charge on any atom is 0.380 e. The summed E-state index contributed by atoms with van der Waals surface area (Å²) < 4.78 is 93.0. The number of hydrogen-bond acceptors (Lipinski definition) is 1. The van der Waals surface area contributed by atoms with Crippen molar-refractivity contribution in [2.75, 3.05) is 0 Å². The Hall–Kier alpha value is -2.67. The minimum absolute atomic E-state index is 0.00114. The fourth-order valence-corrected chi connectivity index (χ4v) is 2.76.